The number of ether oxygens (including phenoxy) is 1. The maximum Gasteiger partial charge on any atom is 0.256 e. The summed E-state index contributed by atoms with van der Waals surface area (Å²) in [5.41, 5.74) is 1.44. The standard InChI is InChI=1S/C11H13ClO2/c1-3-6-14-10-5-4-8(2)7-9(10)11(12)13/h4-5,7H,3,6H2,1-2H3. The Balaban J connectivity index is 2.96. The minimum Gasteiger partial charge on any atom is -0.493 e. The zero-order valence-electron chi connectivity index (χ0n) is 8.34. The van der Waals surface area contributed by atoms with Crippen LogP contribution in [0.5, 0.6) is 5.75 Å². The van der Waals surface area contributed by atoms with E-state index in [1.807, 2.05) is 19.9 Å². The van der Waals surface area contributed by atoms with Gasteiger partial charge in [0.25, 0.3) is 5.24 Å². The molecule has 0 aliphatic heterocycles. The first kappa shape index (κ1) is 11.1. The minimum atomic E-state index is -0.472. The van der Waals surface area contributed by atoms with Gasteiger partial charge in [-0.25, -0.2) is 0 Å². The zero-order valence-corrected chi connectivity index (χ0v) is 9.10. The van der Waals surface area contributed by atoms with Crippen molar-refractivity contribution >= 4 is 16.8 Å². The van der Waals surface area contributed by atoms with Crippen LogP contribution in [-0.4, -0.2) is 11.8 Å². The largest absolute Gasteiger partial charge is 0.493 e. The smallest absolute Gasteiger partial charge is 0.256 e. The molecule has 0 aliphatic rings. The average Bonchev–Trinajstić information content (AvgIpc) is 2.15. The summed E-state index contributed by atoms with van der Waals surface area (Å²) in [6.07, 6.45) is 0.907. The minimum absolute atomic E-state index is 0.445. The fraction of sp³-hybridized carbons (Fsp3) is 0.364. The SMILES string of the molecule is CCCOc1ccc(C)cc1C(=O)Cl. The van der Waals surface area contributed by atoms with Crippen LogP contribution >= 0.6 is 11.6 Å². The van der Waals surface area contributed by atoms with Crippen molar-refractivity contribution in [2.24, 2.45) is 0 Å². The summed E-state index contributed by atoms with van der Waals surface area (Å²) < 4.78 is 5.40. The van der Waals surface area contributed by atoms with Crippen molar-refractivity contribution in [2.45, 2.75) is 20.3 Å². The molecular formula is C11H13ClO2. The summed E-state index contributed by atoms with van der Waals surface area (Å²) in [5, 5.41) is -0.472. The van der Waals surface area contributed by atoms with E-state index in [2.05, 4.69) is 0 Å². The molecule has 0 amide bonds. The Hall–Kier alpha value is -1.02. The van der Waals surface area contributed by atoms with Crippen LogP contribution in [0.25, 0.3) is 0 Å². The molecule has 3 heteroatoms. The fourth-order valence-corrected chi connectivity index (χ4v) is 1.28. The van der Waals surface area contributed by atoms with E-state index in [0.717, 1.165) is 12.0 Å². The third-order valence-corrected chi connectivity index (χ3v) is 2.01. The normalized spacial score (nSPS) is 9.93. The molecule has 0 fully saturated rings. The Morgan fingerprint density at radius 2 is 2.21 bits per heavy atom. The molecule has 0 aromatic heterocycles. The fourth-order valence-electron chi connectivity index (χ4n) is 1.14. The second-order valence-corrected chi connectivity index (χ2v) is 3.47. The number of benzene rings is 1. The highest BCUT2D eigenvalue weighted by Gasteiger charge is 2.09. The number of halogens is 1. The summed E-state index contributed by atoms with van der Waals surface area (Å²) in [4.78, 5) is 11.1. The average molecular weight is 213 g/mol. The number of rotatable bonds is 4. The van der Waals surface area contributed by atoms with Crippen molar-refractivity contribution in [2.75, 3.05) is 6.61 Å². The Kier molecular flexibility index (Phi) is 3.96. The Bertz CT molecular complexity index is 334. The van der Waals surface area contributed by atoms with Gasteiger partial charge in [-0.2, -0.15) is 0 Å². The first-order chi connectivity index (χ1) is 6.65. The quantitative estimate of drug-likeness (QED) is 0.717. The lowest BCUT2D eigenvalue weighted by molar-refractivity contribution is 0.107. The van der Waals surface area contributed by atoms with Gasteiger partial charge in [0.1, 0.15) is 5.75 Å². The monoisotopic (exact) mass is 212 g/mol. The number of carbonyl (C=O) groups is 1. The highest BCUT2D eigenvalue weighted by Crippen LogP contribution is 2.21. The van der Waals surface area contributed by atoms with Gasteiger partial charge in [-0.3, -0.25) is 4.79 Å². The van der Waals surface area contributed by atoms with E-state index < -0.39 is 5.24 Å². The third-order valence-electron chi connectivity index (χ3n) is 1.81. The van der Waals surface area contributed by atoms with E-state index in [4.69, 9.17) is 16.3 Å². The van der Waals surface area contributed by atoms with Gasteiger partial charge in [0.15, 0.2) is 0 Å². The molecule has 0 atom stereocenters. The van der Waals surface area contributed by atoms with Crippen LogP contribution in [0, 0.1) is 6.92 Å². The van der Waals surface area contributed by atoms with Crippen molar-refractivity contribution in [1.82, 2.24) is 0 Å². The predicted octanol–water partition coefficient (Wildman–Crippen LogP) is 3.16. The first-order valence-corrected chi connectivity index (χ1v) is 4.96. The second-order valence-electron chi connectivity index (χ2n) is 3.12. The van der Waals surface area contributed by atoms with Crippen molar-refractivity contribution in [3.8, 4) is 5.75 Å². The first-order valence-electron chi connectivity index (χ1n) is 4.58. The van der Waals surface area contributed by atoms with Crippen molar-refractivity contribution < 1.29 is 9.53 Å². The highest BCUT2D eigenvalue weighted by molar-refractivity contribution is 6.68. The molecule has 0 unspecified atom stereocenters. The van der Waals surface area contributed by atoms with E-state index in [-0.39, 0.29) is 0 Å². The van der Waals surface area contributed by atoms with E-state index in [1.54, 1.807) is 12.1 Å². The van der Waals surface area contributed by atoms with Gasteiger partial charge in [0, 0.05) is 0 Å². The van der Waals surface area contributed by atoms with Gasteiger partial charge >= 0.3 is 0 Å². The van der Waals surface area contributed by atoms with Crippen LogP contribution in [0.2, 0.25) is 0 Å². The molecule has 0 spiro atoms. The number of aryl methyl sites for hydroxylation is 1. The van der Waals surface area contributed by atoms with E-state index in [0.29, 0.717) is 17.9 Å². The summed E-state index contributed by atoms with van der Waals surface area (Å²) in [7, 11) is 0. The molecule has 0 saturated carbocycles. The molecule has 1 aromatic rings. The maximum atomic E-state index is 11.1. The lowest BCUT2D eigenvalue weighted by Crippen LogP contribution is -2.01. The van der Waals surface area contributed by atoms with Gasteiger partial charge in [0.2, 0.25) is 0 Å². The van der Waals surface area contributed by atoms with Crippen molar-refractivity contribution in [1.29, 1.82) is 0 Å². The Labute approximate surface area is 88.8 Å². The molecular weight excluding hydrogens is 200 g/mol. The summed E-state index contributed by atoms with van der Waals surface area (Å²) in [6, 6.07) is 5.41. The van der Waals surface area contributed by atoms with Crippen LogP contribution in [0.15, 0.2) is 18.2 Å². The third kappa shape index (κ3) is 2.74. The van der Waals surface area contributed by atoms with Crippen LogP contribution in [0.4, 0.5) is 0 Å². The summed E-state index contributed by atoms with van der Waals surface area (Å²) >= 11 is 5.44. The zero-order chi connectivity index (χ0) is 10.6. The number of carbonyl (C=O) groups excluding carboxylic acids is 1. The maximum absolute atomic E-state index is 11.1. The molecule has 14 heavy (non-hydrogen) atoms. The van der Waals surface area contributed by atoms with Crippen molar-refractivity contribution in [3.63, 3.8) is 0 Å². The van der Waals surface area contributed by atoms with E-state index >= 15 is 0 Å². The Morgan fingerprint density at radius 3 is 2.79 bits per heavy atom. The van der Waals surface area contributed by atoms with Crippen LogP contribution < -0.4 is 4.74 Å². The van der Waals surface area contributed by atoms with Crippen molar-refractivity contribution in [3.05, 3.63) is 29.3 Å². The topological polar surface area (TPSA) is 26.3 Å². The van der Waals surface area contributed by atoms with E-state index in [1.165, 1.54) is 0 Å². The number of hydrogen-bond donors (Lipinski definition) is 0. The summed E-state index contributed by atoms with van der Waals surface area (Å²) in [5.74, 6) is 0.567. The molecule has 0 radical (unpaired) electrons. The van der Waals surface area contributed by atoms with Gasteiger partial charge in [-0.15, -0.1) is 0 Å². The van der Waals surface area contributed by atoms with Gasteiger partial charge in [-0.05, 0) is 37.1 Å². The summed E-state index contributed by atoms with van der Waals surface area (Å²) in [6.45, 7) is 4.52. The van der Waals surface area contributed by atoms with Crippen LogP contribution in [0.3, 0.4) is 0 Å². The molecule has 0 bridgehead atoms. The van der Waals surface area contributed by atoms with Crippen LogP contribution in [0.1, 0.15) is 29.3 Å². The molecule has 0 N–H and O–H groups in total. The molecule has 1 aromatic carbocycles. The predicted molar refractivity (Wildman–Crippen MR) is 57.1 cm³/mol. The van der Waals surface area contributed by atoms with Gasteiger partial charge in [-0.1, -0.05) is 18.6 Å². The van der Waals surface area contributed by atoms with Crippen LogP contribution in [-0.2, 0) is 0 Å². The molecule has 0 aliphatic carbocycles. The molecule has 0 heterocycles. The van der Waals surface area contributed by atoms with Gasteiger partial charge in [0.05, 0.1) is 12.2 Å². The van der Waals surface area contributed by atoms with E-state index in [9.17, 15) is 4.79 Å². The van der Waals surface area contributed by atoms with Gasteiger partial charge < -0.3 is 4.74 Å². The lowest BCUT2D eigenvalue weighted by atomic mass is 10.1. The molecule has 76 valence electrons. The lowest BCUT2D eigenvalue weighted by Gasteiger charge is -2.08. The number of hydrogen-bond acceptors (Lipinski definition) is 2. The molecule has 1 rings (SSSR count). The second kappa shape index (κ2) is 5.01. The highest BCUT2D eigenvalue weighted by atomic mass is 35.5. The molecule has 0 saturated heterocycles. The Morgan fingerprint density at radius 1 is 1.50 bits per heavy atom. The molecule has 2 nitrogen and oxygen atoms in total.